The maximum absolute atomic E-state index is 12.6. The van der Waals surface area contributed by atoms with Gasteiger partial charge in [-0.3, -0.25) is 4.79 Å². The standard InChI is InChI=1S/C16H22Cl2N2O/c1-11-14(17)9-12(10-15(11)18)16(21)20-7-4-5-13(6-8-20)19(2)3/h9-10,13H,4-8H2,1-3H3/t13-/m1/s1. The number of hydrogen-bond donors (Lipinski definition) is 0. The molecule has 1 aliphatic rings. The zero-order valence-corrected chi connectivity index (χ0v) is 14.3. The van der Waals surface area contributed by atoms with Gasteiger partial charge in [0.1, 0.15) is 0 Å². The molecule has 2 rings (SSSR count). The van der Waals surface area contributed by atoms with Crippen LogP contribution in [0.25, 0.3) is 0 Å². The maximum atomic E-state index is 12.6. The molecule has 0 spiro atoms. The van der Waals surface area contributed by atoms with Gasteiger partial charge in [0.05, 0.1) is 0 Å². The Kier molecular flexibility index (Phi) is 5.53. The number of halogens is 2. The number of amides is 1. The van der Waals surface area contributed by atoms with Gasteiger partial charge in [0.25, 0.3) is 5.91 Å². The Labute approximate surface area is 136 Å². The first-order valence-corrected chi connectivity index (χ1v) is 8.07. The van der Waals surface area contributed by atoms with Gasteiger partial charge in [-0.2, -0.15) is 0 Å². The fourth-order valence-corrected chi connectivity index (χ4v) is 3.24. The van der Waals surface area contributed by atoms with Crippen molar-refractivity contribution in [3.63, 3.8) is 0 Å². The van der Waals surface area contributed by atoms with E-state index in [1.807, 2.05) is 11.8 Å². The van der Waals surface area contributed by atoms with E-state index in [1.54, 1.807) is 12.1 Å². The second-order valence-corrected chi connectivity index (χ2v) is 6.72. The topological polar surface area (TPSA) is 23.6 Å². The number of nitrogens with zero attached hydrogens (tertiary/aromatic N) is 2. The summed E-state index contributed by atoms with van der Waals surface area (Å²) in [5.74, 6) is 0.0261. The fraction of sp³-hybridized carbons (Fsp3) is 0.562. The van der Waals surface area contributed by atoms with Crippen LogP contribution in [0.2, 0.25) is 10.0 Å². The van der Waals surface area contributed by atoms with E-state index < -0.39 is 0 Å². The van der Waals surface area contributed by atoms with Gasteiger partial charge in [0.15, 0.2) is 0 Å². The Morgan fingerprint density at radius 2 is 1.81 bits per heavy atom. The molecule has 1 aromatic rings. The van der Waals surface area contributed by atoms with Crippen molar-refractivity contribution in [1.29, 1.82) is 0 Å². The number of benzene rings is 1. The van der Waals surface area contributed by atoms with Gasteiger partial charge in [-0.15, -0.1) is 0 Å². The summed E-state index contributed by atoms with van der Waals surface area (Å²) in [5.41, 5.74) is 1.40. The third-order valence-corrected chi connectivity index (χ3v) is 5.03. The number of carbonyl (C=O) groups excluding carboxylic acids is 1. The molecule has 1 atom stereocenters. The van der Waals surface area contributed by atoms with Crippen molar-refractivity contribution < 1.29 is 4.79 Å². The van der Waals surface area contributed by atoms with Gasteiger partial charge in [0.2, 0.25) is 0 Å². The minimum absolute atomic E-state index is 0.0261. The number of carbonyl (C=O) groups is 1. The van der Waals surface area contributed by atoms with E-state index in [2.05, 4.69) is 19.0 Å². The zero-order chi connectivity index (χ0) is 15.6. The molecule has 1 heterocycles. The van der Waals surface area contributed by atoms with Crippen molar-refractivity contribution in [3.05, 3.63) is 33.3 Å². The molecule has 0 unspecified atom stereocenters. The summed E-state index contributed by atoms with van der Waals surface area (Å²) in [6, 6.07) is 3.99. The predicted octanol–water partition coefficient (Wildman–Crippen LogP) is 3.86. The second kappa shape index (κ2) is 6.99. The van der Waals surface area contributed by atoms with Crippen LogP contribution in [-0.2, 0) is 0 Å². The Morgan fingerprint density at radius 1 is 1.19 bits per heavy atom. The smallest absolute Gasteiger partial charge is 0.253 e. The van der Waals surface area contributed by atoms with Crippen molar-refractivity contribution in [3.8, 4) is 0 Å². The molecular weight excluding hydrogens is 307 g/mol. The highest BCUT2D eigenvalue weighted by Gasteiger charge is 2.23. The van der Waals surface area contributed by atoms with Crippen LogP contribution in [0, 0.1) is 6.92 Å². The molecule has 0 saturated carbocycles. The van der Waals surface area contributed by atoms with Crippen LogP contribution in [0.5, 0.6) is 0 Å². The van der Waals surface area contributed by atoms with Gasteiger partial charge in [-0.25, -0.2) is 0 Å². The largest absolute Gasteiger partial charge is 0.339 e. The maximum Gasteiger partial charge on any atom is 0.253 e. The predicted molar refractivity (Wildman–Crippen MR) is 88.4 cm³/mol. The molecule has 0 bridgehead atoms. The minimum atomic E-state index is 0.0261. The average Bonchev–Trinajstić information content (AvgIpc) is 2.69. The van der Waals surface area contributed by atoms with Gasteiger partial charge in [-0.05, 0) is 58.0 Å². The van der Waals surface area contributed by atoms with Crippen molar-refractivity contribution >= 4 is 29.1 Å². The minimum Gasteiger partial charge on any atom is -0.339 e. The number of hydrogen-bond acceptors (Lipinski definition) is 2. The van der Waals surface area contributed by atoms with Crippen LogP contribution in [0.15, 0.2) is 12.1 Å². The molecule has 116 valence electrons. The average molecular weight is 329 g/mol. The molecule has 1 amide bonds. The Bertz CT molecular complexity index is 508. The lowest BCUT2D eigenvalue weighted by Crippen LogP contribution is -2.33. The van der Waals surface area contributed by atoms with Crippen molar-refractivity contribution in [2.45, 2.75) is 32.2 Å². The van der Waals surface area contributed by atoms with Crippen molar-refractivity contribution in [2.24, 2.45) is 0 Å². The van der Waals surface area contributed by atoms with E-state index in [9.17, 15) is 4.79 Å². The molecule has 3 nitrogen and oxygen atoms in total. The lowest BCUT2D eigenvalue weighted by molar-refractivity contribution is 0.0758. The lowest BCUT2D eigenvalue weighted by Gasteiger charge is -2.23. The summed E-state index contributed by atoms with van der Waals surface area (Å²) < 4.78 is 0. The molecule has 21 heavy (non-hydrogen) atoms. The van der Waals surface area contributed by atoms with E-state index >= 15 is 0 Å². The van der Waals surface area contributed by atoms with E-state index in [1.165, 1.54) is 0 Å². The molecule has 0 radical (unpaired) electrons. The lowest BCUT2D eigenvalue weighted by atomic mass is 10.1. The van der Waals surface area contributed by atoms with Crippen molar-refractivity contribution in [1.82, 2.24) is 9.80 Å². The Balaban J connectivity index is 2.13. The third kappa shape index (κ3) is 3.91. The van der Waals surface area contributed by atoms with Gasteiger partial charge < -0.3 is 9.80 Å². The van der Waals surface area contributed by atoms with Gasteiger partial charge in [0, 0.05) is 34.7 Å². The summed E-state index contributed by atoms with van der Waals surface area (Å²) in [5, 5.41) is 1.10. The highest BCUT2D eigenvalue weighted by molar-refractivity contribution is 6.36. The molecule has 0 aliphatic carbocycles. The first-order chi connectivity index (χ1) is 9.90. The SMILES string of the molecule is Cc1c(Cl)cc(C(=O)N2CCC[C@@H](N(C)C)CC2)cc1Cl. The molecule has 0 aromatic heterocycles. The van der Waals surface area contributed by atoms with Crippen LogP contribution in [0.4, 0.5) is 0 Å². The molecule has 1 saturated heterocycles. The Morgan fingerprint density at radius 3 is 2.38 bits per heavy atom. The van der Waals surface area contributed by atoms with Crippen molar-refractivity contribution in [2.75, 3.05) is 27.2 Å². The molecular formula is C16H22Cl2N2O. The highest BCUT2D eigenvalue weighted by atomic mass is 35.5. The summed E-state index contributed by atoms with van der Waals surface area (Å²) in [7, 11) is 4.20. The number of likely N-dealkylation sites (tertiary alicyclic amines) is 1. The van der Waals surface area contributed by atoms with Gasteiger partial charge in [-0.1, -0.05) is 23.2 Å². The van der Waals surface area contributed by atoms with E-state index in [4.69, 9.17) is 23.2 Å². The summed E-state index contributed by atoms with van der Waals surface area (Å²) >= 11 is 12.3. The van der Waals surface area contributed by atoms with Crippen LogP contribution in [0.3, 0.4) is 0 Å². The molecule has 5 heteroatoms. The van der Waals surface area contributed by atoms with E-state index in [-0.39, 0.29) is 5.91 Å². The molecule has 1 fully saturated rings. The molecule has 0 N–H and O–H groups in total. The fourth-order valence-electron chi connectivity index (χ4n) is 2.75. The first-order valence-electron chi connectivity index (χ1n) is 7.31. The molecule has 1 aromatic carbocycles. The first kappa shape index (κ1) is 16.6. The highest BCUT2D eigenvalue weighted by Crippen LogP contribution is 2.27. The summed E-state index contributed by atoms with van der Waals surface area (Å²) in [4.78, 5) is 16.8. The summed E-state index contributed by atoms with van der Waals surface area (Å²) in [6.07, 6.45) is 3.17. The van der Waals surface area contributed by atoms with Crippen LogP contribution in [0.1, 0.15) is 35.2 Å². The quantitative estimate of drug-likeness (QED) is 0.823. The van der Waals surface area contributed by atoms with E-state index in [0.29, 0.717) is 21.7 Å². The van der Waals surface area contributed by atoms with E-state index in [0.717, 1.165) is 37.9 Å². The molecule has 1 aliphatic heterocycles. The second-order valence-electron chi connectivity index (χ2n) is 5.91. The monoisotopic (exact) mass is 328 g/mol. The van der Waals surface area contributed by atoms with Gasteiger partial charge >= 0.3 is 0 Å². The Hall–Kier alpha value is -0.770. The normalized spacial score (nSPS) is 19.7. The summed E-state index contributed by atoms with van der Waals surface area (Å²) in [6.45, 7) is 3.43. The van der Waals surface area contributed by atoms with Crippen LogP contribution >= 0.6 is 23.2 Å². The third-order valence-electron chi connectivity index (χ3n) is 4.24. The van der Waals surface area contributed by atoms with Crippen LogP contribution in [-0.4, -0.2) is 48.9 Å². The zero-order valence-electron chi connectivity index (χ0n) is 12.8. The van der Waals surface area contributed by atoms with Crippen LogP contribution < -0.4 is 0 Å². The number of rotatable bonds is 2.